The number of aliphatic carboxylic acids is 2. The lowest BCUT2D eigenvalue weighted by Gasteiger charge is -2.33. The number of amides is 1. The van der Waals surface area contributed by atoms with E-state index in [1.54, 1.807) is 39.8 Å². The molecule has 34 heavy (non-hydrogen) atoms. The quantitative estimate of drug-likeness (QED) is 0.283. The molecule has 0 saturated carbocycles. The van der Waals surface area contributed by atoms with Gasteiger partial charge in [-0.2, -0.15) is 0 Å². The molecule has 3 atom stereocenters. The van der Waals surface area contributed by atoms with E-state index in [0.717, 1.165) is 0 Å². The summed E-state index contributed by atoms with van der Waals surface area (Å²) < 4.78 is 24.8. The molecule has 12 heteroatoms. The molecule has 1 unspecified atom stereocenters. The first-order valence-electron chi connectivity index (χ1n) is 10.5. The molecule has 1 heterocycles. The maximum atomic E-state index is 13.8. The minimum absolute atomic E-state index is 0.143. The molecule has 0 bridgehead atoms. The van der Waals surface area contributed by atoms with Crippen LogP contribution in [-0.2, 0) is 18.9 Å². The van der Waals surface area contributed by atoms with Gasteiger partial charge < -0.3 is 24.5 Å². The van der Waals surface area contributed by atoms with Crippen molar-refractivity contribution in [3.8, 4) is 5.75 Å². The Kier molecular flexibility index (Phi) is 8.28. The van der Waals surface area contributed by atoms with Gasteiger partial charge in [0.2, 0.25) is 5.91 Å². The second-order valence-electron chi connectivity index (χ2n) is 8.90. The normalized spacial score (nSPS) is 15.2. The van der Waals surface area contributed by atoms with Gasteiger partial charge >= 0.3 is 25.1 Å². The van der Waals surface area contributed by atoms with Crippen molar-refractivity contribution >= 4 is 36.3 Å². The van der Waals surface area contributed by atoms with Crippen LogP contribution in [0.25, 0.3) is 11.0 Å². The van der Waals surface area contributed by atoms with E-state index in [0.29, 0.717) is 10.9 Å². The van der Waals surface area contributed by atoms with Gasteiger partial charge in [0, 0.05) is 23.9 Å². The van der Waals surface area contributed by atoms with E-state index < -0.39 is 54.7 Å². The zero-order valence-corrected chi connectivity index (χ0v) is 20.5. The molecule has 2 aromatic rings. The van der Waals surface area contributed by atoms with Gasteiger partial charge in [0.1, 0.15) is 17.4 Å². The van der Waals surface area contributed by atoms with Gasteiger partial charge in [-0.3, -0.25) is 14.2 Å². The summed E-state index contributed by atoms with van der Waals surface area (Å²) in [5.41, 5.74) is 0.410. The van der Waals surface area contributed by atoms with Crippen LogP contribution in [0.3, 0.4) is 0 Å². The van der Waals surface area contributed by atoms with Crippen molar-refractivity contribution in [2.24, 2.45) is 0 Å². The largest absolute Gasteiger partial charge is 0.481 e. The SMILES string of the molecule is Cc1cc(=O)oc2cc(OP(=O)(N[C@@H](C)C(=O)N[C@@H](CCC(=O)O)C(=O)O)C(C)(C)C)ccc12. The minimum atomic E-state index is -3.81. The van der Waals surface area contributed by atoms with Crippen molar-refractivity contribution in [1.82, 2.24) is 10.4 Å². The highest BCUT2D eigenvalue weighted by molar-refractivity contribution is 7.59. The molecule has 0 fully saturated rings. The first-order valence-corrected chi connectivity index (χ1v) is 12.1. The standard InChI is InChI=1S/C22H29N2O9P/c1-12-10-19(27)32-17-11-14(6-7-15(12)17)33-34(31,22(3,4)5)24-13(2)20(28)23-16(21(29)30)8-9-18(25)26/h6-7,10-11,13,16H,8-9H2,1-5H3,(H,23,28)(H,24,31)(H,25,26)(H,29,30)/t13-,16-,34?/m0/s1. The Hall–Kier alpha value is -3.17. The van der Waals surface area contributed by atoms with Gasteiger partial charge in [-0.25, -0.2) is 14.7 Å². The van der Waals surface area contributed by atoms with Gasteiger partial charge in [0.25, 0.3) is 0 Å². The topological polar surface area (TPSA) is 172 Å². The lowest BCUT2D eigenvalue weighted by Crippen LogP contribution is -2.49. The molecule has 4 N–H and O–H groups in total. The number of rotatable bonds is 10. The lowest BCUT2D eigenvalue weighted by atomic mass is 10.1. The van der Waals surface area contributed by atoms with Gasteiger partial charge in [-0.05, 0) is 58.7 Å². The number of nitrogens with one attached hydrogen (secondary N) is 2. The highest BCUT2D eigenvalue weighted by Gasteiger charge is 2.42. The van der Waals surface area contributed by atoms with Crippen LogP contribution >= 0.6 is 7.52 Å². The number of hydrogen-bond acceptors (Lipinski definition) is 7. The number of benzene rings is 1. The molecule has 0 saturated heterocycles. The monoisotopic (exact) mass is 496 g/mol. The summed E-state index contributed by atoms with van der Waals surface area (Å²) in [5, 5.41) is 22.7. The molecule has 1 amide bonds. The van der Waals surface area contributed by atoms with Crippen LogP contribution in [0.1, 0.15) is 46.1 Å². The third kappa shape index (κ3) is 6.68. The van der Waals surface area contributed by atoms with Crippen LogP contribution in [0.5, 0.6) is 5.75 Å². The average Bonchev–Trinajstić information content (AvgIpc) is 2.69. The number of aryl methyl sites for hydroxylation is 1. The van der Waals surface area contributed by atoms with Gasteiger partial charge in [0.15, 0.2) is 0 Å². The van der Waals surface area contributed by atoms with E-state index in [4.69, 9.17) is 14.0 Å². The number of carboxylic acids is 2. The van der Waals surface area contributed by atoms with E-state index in [1.165, 1.54) is 19.1 Å². The number of hydrogen-bond donors (Lipinski definition) is 4. The molecule has 2 rings (SSSR count). The highest BCUT2D eigenvalue weighted by Crippen LogP contribution is 2.55. The Bertz CT molecular complexity index is 1200. The number of fused-ring (bicyclic) bond motifs is 1. The summed E-state index contributed by atoms with van der Waals surface area (Å²) in [5.74, 6) is -3.22. The van der Waals surface area contributed by atoms with Crippen LogP contribution in [0, 0.1) is 6.92 Å². The minimum Gasteiger partial charge on any atom is -0.481 e. The summed E-state index contributed by atoms with van der Waals surface area (Å²) in [6.45, 7) is 8.06. The van der Waals surface area contributed by atoms with Crippen LogP contribution in [0.2, 0.25) is 0 Å². The molecule has 1 aromatic carbocycles. The Morgan fingerprint density at radius 3 is 2.38 bits per heavy atom. The van der Waals surface area contributed by atoms with Crippen molar-refractivity contribution in [1.29, 1.82) is 0 Å². The summed E-state index contributed by atoms with van der Waals surface area (Å²) in [6.07, 6.45) is -0.752. The predicted octanol–water partition coefficient (Wildman–Crippen LogP) is 2.88. The van der Waals surface area contributed by atoms with Crippen molar-refractivity contribution < 1.29 is 38.1 Å². The van der Waals surface area contributed by atoms with Gasteiger partial charge in [-0.1, -0.05) is 0 Å². The number of carbonyl (C=O) groups excluding carboxylic acids is 1. The molecule has 0 aliphatic heterocycles. The first-order chi connectivity index (χ1) is 15.6. The van der Waals surface area contributed by atoms with E-state index in [-0.39, 0.29) is 17.8 Å². The fourth-order valence-electron chi connectivity index (χ4n) is 3.00. The van der Waals surface area contributed by atoms with E-state index in [1.807, 2.05) is 0 Å². The third-order valence-corrected chi connectivity index (χ3v) is 8.02. The molecular formula is C22H29N2O9P. The molecule has 0 spiro atoms. The second kappa shape index (κ2) is 10.4. The zero-order chi connectivity index (χ0) is 25.8. The highest BCUT2D eigenvalue weighted by atomic mass is 31.2. The Morgan fingerprint density at radius 1 is 1.18 bits per heavy atom. The average molecular weight is 496 g/mol. The smallest absolute Gasteiger partial charge is 0.336 e. The Labute approximate surface area is 196 Å². The summed E-state index contributed by atoms with van der Waals surface area (Å²) >= 11 is 0. The predicted molar refractivity (Wildman–Crippen MR) is 124 cm³/mol. The van der Waals surface area contributed by atoms with Crippen molar-refractivity contribution in [3.05, 3.63) is 40.2 Å². The molecule has 1 aromatic heterocycles. The fraction of sp³-hybridized carbons (Fsp3) is 0.455. The van der Waals surface area contributed by atoms with Crippen LogP contribution in [0.4, 0.5) is 0 Å². The summed E-state index contributed by atoms with van der Waals surface area (Å²) in [6, 6.07) is 3.44. The maximum Gasteiger partial charge on any atom is 0.336 e. The molecular weight excluding hydrogens is 467 g/mol. The maximum absolute atomic E-state index is 13.8. The van der Waals surface area contributed by atoms with E-state index >= 15 is 0 Å². The fourth-order valence-corrected chi connectivity index (χ4v) is 4.75. The Balaban J connectivity index is 2.26. The second-order valence-corrected chi connectivity index (χ2v) is 11.8. The van der Waals surface area contributed by atoms with Crippen LogP contribution in [-0.4, -0.2) is 45.3 Å². The molecule has 0 aliphatic rings. The molecule has 0 aliphatic carbocycles. The van der Waals surface area contributed by atoms with Gasteiger partial charge in [0.05, 0.1) is 11.2 Å². The van der Waals surface area contributed by atoms with Gasteiger partial charge in [-0.15, -0.1) is 0 Å². The number of carbonyl (C=O) groups is 3. The summed E-state index contributed by atoms with van der Waals surface area (Å²) in [4.78, 5) is 46.4. The Morgan fingerprint density at radius 2 is 1.82 bits per heavy atom. The van der Waals surface area contributed by atoms with E-state index in [9.17, 15) is 28.8 Å². The van der Waals surface area contributed by atoms with Crippen molar-refractivity contribution in [3.63, 3.8) is 0 Å². The number of carboxylic acid groups (broad SMARTS) is 2. The summed E-state index contributed by atoms with van der Waals surface area (Å²) in [7, 11) is -3.81. The molecule has 0 radical (unpaired) electrons. The zero-order valence-electron chi connectivity index (χ0n) is 19.6. The third-order valence-electron chi connectivity index (χ3n) is 5.06. The van der Waals surface area contributed by atoms with E-state index in [2.05, 4.69) is 10.4 Å². The molecule has 11 nitrogen and oxygen atoms in total. The lowest BCUT2D eigenvalue weighted by molar-refractivity contribution is -0.143. The first kappa shape index (κ1) is 27.1. The van der Waals surface area contributed by atoms with Crippen molar-refractivity contribution in [2.75, 3.05) is 0 Å². The van der Waals surface area contributed by atoms with Crippen LogP contribution in [0.15, 0.2) is 33.5 Å². The molecule has 186 valence electrons. The van der Waals surface area contributed by atoms with Crippen LogP contribution < -0.4 is 20.6 Å². The van der Waals surface area contributed by atoms with Crippen molar-refractivity contribution in [2.45, 2.75) is 64.7 Å².